The first-order valence-electron chi connectivity index (χ1n) is 17.5. The second-order valence-electron chi connectivity index (χ2n) is 12.9. The molecule has 0 fully saturated rings. The van der Waals surface area contributed by atoms with Crippen LogP contribution < -0.4 is 0 Å². The molecule has 0 spiro atoms. The van der Waals surface area contributed by atoms with Crippen molar-refractivity contribution in [3.63, 3.8) is 0 Å². The molecule has 10 aromatic rings. The Labute approximate surface area is 300 Å². The Bertz CT molecular complexity index is 2820. The maximum absolute atomic E-state index is 5.04. The van der Waals surface area contributed by atoms with Gasteiger partial charge in [-0.25, -0.2) is 15.0 Å². The Kier molecular flexibility index (Phi) is 7.07. The van der Waals surface area contributed by atoms with E-state index in [4.69, 9.17) is 15.0 Å². The molecule has 0 bridgehead atoms. The lowest BCUT2D eigenvalue weighted by Gasteiger charge is -2.13. The molecular weight excluding hydrogens is 635 g/mol. The first kappa shape index (κ1) is 29.8. The zero-order chi connectivity index (χ0) is 34.4. The summed E-state index contributed by atoms with van der Waals surface area (Å²) in [7, 11) is 0. The van der Waals surface area contributed by atoms with Gasteiger partial charge in [0.05, 0.1) is 22.2 Å². The van der Waals surface area contributed by atoms with Crippen molar-refractivity contribution < 1.29 is 0 Å². The van der Waals surface area contributed by atoms with Gasteiger partial charge in [-0.05, 0) is 48.0 Å². The maximum Gasteiger partial charge on any atom is 0.164 e. The van der Waals surface area contributed by atoms with E-state index in [2.05, 4.69) is 137 Å². The van der Waals surface area contributed by atoms with Crippen molar-refractivity contribution in [2.45, 2.75) is 0 Å². The van der Waals surface area contributed by atoms with Crippen molar-refractivity contribution in [3.8, 4) is 56.8 Å². The van der Waals surface area contributed by atoms with Gasteiger partial charge in [0.2, 0.25) is 0 Å². The first-order valence-corrected chi connectivity index (χ1v) is 17.5. The average Bonchev–Trinajstić information content (AvgIpc) is 3.79. The van der Waals surface area contributed by atoms with E-state index in [-0.39, 0.29) is 0 Å². The lowest BCUT2D eigenvalue weighted by Crippen LogP contribution is -2.01. The number of rotatable bonds is 6. The summed E-state index contributed by atoms with van der Waals surface area (Å²) in [5.74, 6) is 1.91. The van der Waals surface area contributed by atoms with Crippen molar-refractivity contribution in [2.24, 2.45) is 0 Å². The Balaban J connectivity index is 1.23. The van der Waals surface area contributed by atoms with Crippen LogP contribution in [0.15, 0.2) is 188 Å². The first-order chi connectivity index (χ1) is 25.8. The van der Waals surface area contributed by atoms with Gasteiger partial charge in [0.15, 0.2) is 17.5 Å². The zero-order valence-corrected chi connectivity index (χ0v) is 28.1. The summed E-state index contributed by atoms with van der Waals surface area (Å²) < 4.78 is 4.78. The van der Waals surface area contributed by atoms with E-state index < -0.39 is 0 Å². The number of nitrogens with zero attached hydrogens (tertiary/aromatic N) is 5. The van der Waals surface area contributed by atoms with Crippen LogP contribution in [0.1, 0.15) is 0 Å². The molecule has 244 valence electrons. The molecule has 0 aliphatic heterocycles. The summed E-state index contributed by atoms with van der Waals surface area (Å²) in [5.41, 5.74) is 10.7. The van der Waals surface area contributed by atoms with Crippen LogP contribution in [0.2, 0.25) is 0 Å². The second-order valence-corrected chi connectivity index (χ2v) is 12.9. The van der Waals surface area contributed by atoms with Gasteiger partial charge in [0.25, 0.3) is 0 Å². The van der Waals surface area contributed by atoms with Crippen LogP contribution in [0.4, 0.5) is 0 Å². The second kappa shape index (κ2) is 12.3. The predicted molar refractivity (Wildman–Crippen MR) is 213 cm³/mol. The van der Waals surface area contributed by atoms with Gasteiger partial charge >= 0.3 is 0 Å². The minimum Gasteiger partial charge on any atom is -0.309 e. The third-order valence-electron chi connectivity index (χ3n) is 9.76. The van der Waals surface area contributed by atoms with Crippen LogP contribution in [-0.4, -0.2) is 24.1 Å². The monoisotopic (exact) mass is 665 g/mol. The summed E-state index contributed by atoms with van der Waals surface area (Å²) in [6, 6.07) is 65.7. The highest BCUT2D eigenvalue weighted by Gasteiger charge is 2.21. The largest absolute Gasteiger partial charge is 0.309 e. The Morgan fingerprint density at radius 1 is 0.308 bits per heavy atom. The Morgan fingerprint density at radius 2 is 0.808 bits per heavy atom. The molecule has 0 amide bonds. The highest BCUT2D eigenvalue weighted by molar-refractivity contribution is 6.19. The quantitative estimate of drug-likeness (QED) is 0.178. The van der Waals surface area contributed by atoms with E-state index in [0.29, 0.717) is 17.5 Å². The van der Waals surface area contributed by atoms with Crippen molar-refractivity contribution in [2.75, 3.05) is 0 Å². The van der Waals surface area contributed by atoms with Crippen LogP contribution in [-0.2, 0) is 0 Å². The van der Waals surface area contributed by atoms with Crippen LogP contribution >= 0.6 is 0 Å². The Morgan fingerprint density at radius 3 is 1.46 bits per heavy atom. The number of hydrogen-bond acceptors (Lipinski definition) is 3. The van der Waals surface area contributed by atoms with Crippen LogP contribution in [0.25, 0.3) is 89.5 Å². The van der Waals surface area contributed by atoms with Gasteiger partial charge in [-0.3, -0.25) is 0 Å². The molecule has 7 aromatic carbocycles. The molecule has 5 heteroatoms. The fourth-order valence-electron chi connectivity index (χ4n) is 7.41. The van der Waals surface area contributed by atoms with Gasteiger partial charge in [0, 0.05) is 44.2 Å². The van der Waals surface area contributed by atoms with Gasteiger partial charge in [-0.2, -0.15) is 0 Å². The molecule has 3 aromatic heterocycles. The summed E-state index contributed by atoms with van der Waals surface area (Å²) >= 11 is 0. The molecule has 0 aliphatic carbocycles. The van der Waals surface area contributed by atoms with Gasteiger partial charge in [0.1, 0.15) is 0 Å². The number of benzene rings is 7. The summed E-state index contributed by atoms with van der Waals surface area (Å²) in [5, 5.41) is 3.59. The molecule has 0 saturated heterocycles. The fourth-order valence-corrected chi connectivity index (χ4v) is 7.41. The smallest absolute Gasteiger partial charge is 0.164 e. The van der Waals surface area contributed by atoms with Gasteiger partial charge in [-0.1, -0.05) is 146 Å². The van der Waals surface area contributed by atoms with E-state index >= 15 is 0 Å². The van der Waals surface area contributed by atoms with Crippen LogP contribution in [0, 0.1) is 0 Å². The minimum absolute atomic E-state index is 0.627. The van der Waals surface area contributed by atoms with E-state index in [9.17, 15) is 0 Å². The average molecular weight is 666 g/mol. The lowest BCUT2D eigenvalue weighted by atomic mass is 10.1. The molecule has 0 saturated carbocycles. The van der Waals surface area contributed by atoms with Gasteiger partial charge < -0.3 is 9.13 Å². The molecule has 52 heavy (non-hydrogen) atoms. The molecule has 0 N–H and O–H groups in total. The van der Waals surface area contributed by atoms with Crippen molar-refractivity contribution in [3.05, 3.63) is 188 Å². The van der Waals surface area contributed by atoms with Crippen molar-refractivity contribution in [1.82, 2.24) is 24.1 Å². The highest BCUT2D eigenvalue weighted by Crippen LogP contribution is 2.41. The number of hydrogen-bond donors (Lipinski definition) is 0. The molecule has 0 aliphatic rings. The van der Waals surface area contributed by atoms with Gasteiger partial charge in [-0.15, -0.1) is 0 Å². The third kappa shape index (κ3) is 4.98. The minimum atomic E-state index is 0.627. The molecule has 0 unspecified atom stereocenters. The highest BCUT2D eigenvalue weighted by atomic mass is 15.0. The predicted octanol–water partition coefficient (Wildman–Crippen LogP) is 11.6. The number of para-hydroxylation sites is 2. The van der Waals surface area contributed by atoms with Crippen molar-refractivity contribution in [1.29, 1.82) is 0 Å². The molecule has 10 rings (SSSR count). The topological polar surface area (TPSA) is 48.5 Å². The number of aromatic nitrogens is 5. The van der Waals surface area contributed by atoms with E-state index in [0.717, 1.165) is 50.3 Å². The fraction of sp³-hybridized carbons (Fsp3) is 0. The standard InChI is InChI=1S/C47H31N5/c1-5-16-32(17-6-1)43-31-40-42(51(43)36-23-11-4-12-24-36)29-28-39-38-26-13-14-27-41(38)52(44(39)40)37-25-15-22-35(30-37)47-49-45(33-18-7-2-8-19-33)48-46(50-47)34-20-9-3-10-21-34/h1-31H. The molecular formula is C47H31N5. The molecule has 3 heterocycles. The summed E-state index contributed by atoms with van der Waals surface area (Å²) in [6.07, 6.45) is 0. The maximum atomic E-state index is 5.04. The Hall–Kier alpha value is -7.11. The lowest BCUT2D eigenvalue weighted by molar-refractivity contribution is 1.07. The molecule has 0 radical (unpaired) electrons. The zero-order valence-electron chi connectivity index (χ0n) is 28.1. The van der Waals surface area contributed by atoms with E-state index in [1.54, 1.807) is 0 Å². The van der Waals surface area contributed by atoms with E-state index in [1.807, 2.05) is 60.7 Å². The van der Waals surface area contributed by atoms with Crippen molar-refractivity contribution >= 4 is 32.7 Å². The third-order valence-corrected chi connectivity index (χ3v) is 9.76. The van der Waals surface area contributed by atoms with Crippen LogP contribution in [0.5, 0.6) is 0 Å². The van der Waals surface area contributed by atoms with E-state index in [1.165, 1.54) is 21.7 Å². The normalized spacial score (nSPS) is 11.5. The molecule has 0 atom stereocenters. The summed E-state index contributed by atoms with van der Waals surface area (Å²) in [4.78, 5) is 15.0. The molecule has 5 nitrogen and oxygen atoms in total. The summed E-state index contributed by atoms with van der Waals surface area (Å²) in [6.45, 7) is 0. The number of fused-ring (bicyclic) bond motifs is 5. The SMILES string of the molecule is c1ccc(-c2nc(-c3ccccc3)nc(-c3cccc(-n4c5ccccc5c5ccc6c(cc(-c7ccccc7)n6-c6ccccc6)c54)c3)n2)cc1. The van der Waals surface area contributed by atoms with Crippen LogP contribution in [0.3, 0.4) is 0 Å².